The van der Waals surface area contributed by atoms with E-state index in [0.29, 0.717) is 5.69 Å². The molecule has 1 atom stereocenters. The Hall–Kier alpha value is -2.22. The number of nitrogens with two attached hydrogens (primary N) is 1. The van der Waals surface area contributed by atoms with Gasteiger partial charge in [-0.2, -0.15) is 0 Å². The standard InChI is InChI=1S/C16H19N3O3S/c1-19(11-13-6-3-2-4-7-13)12-16(20)18-14-8-5-9-15(10-14)23(17,21)22/h2-10H,11-12H2,1H3,(H,18,20)(H2,17,21,22)/p+1. The lowest BCUT2D eigenvalue weighted by molar-refractivity contribution is -0.885. The zero-order chi connectivity index (χ0) is 16.9. The Balaban J connectivity index is 1.94. The van der Waals surface area contributed by atoms with Crippen LogP contribution in [0.4, 0.5) is 5.69 Å². The van der Waals surface area contributed by atoms with Crippen molar-refractivity contribution < 1.29 is 18.1 Å². The molecule has 7 heteroatoms. The van der Waals surface area contributed by atoms with E-state index in [9.17, 15) is 13.2 Å². The minimum Gasteiger partial charge on any atom is -0.326 e. The van der Waals surface area contributed by atoms with Crippen LogP contribution in [0.1, 0.15) is 5.56 Å². The Labute approximate surface area is 136 Å². The number of carbonyl (C=O) groups excluding carboxylic acids is 1. The zero-order valence-corrected chi connectivity index (χ0v) is 13.6. The number of sulfonamides is 1. The fraction of sp³-hybridized carbons (Fsp3) is 0.188. The Bertz CT molecular complexity index is 776. The number of likely N-dealkylation sites (N-methyl/N-ethyl adjacent to an activating group) is 1. The average molecular weight is 334 g/mol. The van der Waals surface area contributed by atoms with Gasteiger partial charge in [0.05, 0.1) is 11.9 Å². The second-order valence-electron chi connectivity index (χ2n) is 5.42. The molecule has 2 aromatic carbocycles. The smallest absolute Gasteiger partial charge is 0.279 e. The maximum atomic E-state index is 12.1. The summed E-state index contributed by atoms with van der Waals surface area (Å²) in [6.45, 7) is 1.000. The first-order valence-corrected chi connectivity index (χ1v) is 8.67. The van der Waals surface area contributed by atoms with E-state index in [-0.39, 0.29) is 17.3 Å². The van der Waals surface area contributed by atoms with Gasteiger partial charge in [-0.1, -0.05) is 36.4 Å². The normalized spacial score (nSPS) is 12.6. The quantitative estimate of drug-likeness (QED) is 0.693. The van der Waals surface area contributed by atoms with Crippen molar-refractivity contribution in [1.82, 2.24) is 0 Å². The van der Waals surface area contributed by atoms with E-state index >= 15 is 0 Å². The van der Waals surface area contributed by atoms with E-state index < -0.39 is 10.0 Å². The van der Waals surface area contributed by atoms with Crippen molar-refractivity contribution in [2.75, 3.05) is 18.9 Å². The van der Waals surface area contributed by atoms with Crippen LogP contribution in [0.2, 0.25) is 0 Å². The maximum Gasteiger partial charge on any atom is 0.279 e. The van der Waals surface area contributed by atoms with Crippen LogP contribution in [0.15, 0.2) is 59.5 Å². The molecule has 1 unspecified atom stereocenters. The Morgan fingerprint density at radius 1 is 1.13 bits per heavy atom. The lowest BCUT2D eigenvalue weighted by Crippen LogP contribution is -3.08. The summed E-state index contributed by atoms with van der Waals surface area (Å²) in [4.78, 5) is 13.1. The van der Waals surface area contributed by atoms with Gasteiger partial charge >= 0.3 is 0 Å². The average Bonchev–Trinajstić information content (AvgIpc) is 2.47. The number of carbonyl (C=O) groups is 1. The van der Waals surface area contributed by atoms with Crippen LogP contribution in [-0.2, 0) is 21.4 Å². The van der Waals surface area contributed by atoms with Crippen LogP contribution in [-0.4, -0.2) is 27.9 Å². The number of hydrogen-bond acceptors (Lipinski definition) is 3. The molecule has 0 spiro atoms. The van der Waals surface area contributed by atoms with Crippen LogP contribution in [0.5, 0.6) is 0 Å². The zero-order valence-electron chi connectivity index (χ0n) is 12.8. The number of amides is 1. The molecular formula is C16H20N3O3S+. The molecule has 0 fully saturated rings. The first-order chi connectivity index (χ1) is 10.8. The van der Waals surface area contributed by atoms with Gasteiger partial charge in [0.1, 0.15) is 6.54 Å². The molecule has 0 aliphatic rings. The van der Waals surface area contributed by atoms with Gasteiger partial charge in [-0.05, 0) is 18.2 Å². The van der Waals surface area contributed by atoms with E-state index in [0.717, 1.165) is 17.0 Å². The van der Waals surface area contributed by atoms with Crippen LogP contribution in [0, 0.1) is 0 Å². The van der Waals surface area contributed by atoms with E-state index in [4.69, 9.17) is 5.14 Å². The molecule has 23 heavy (non-hydrogen) atoms. The van der Waals surface area contributed by atoms with Gasteiger partial charge in [-0.25, -0.2) is 13.6 Å². The predicted octanol–water partition coefficient (Wildman–Crippen LogP) is -0.0126. The third-order valence-corrected chi connectivity index (χ3v) is 4.17. The maximum absolute atomic E-state index is 12.1. The molecule has 122 valence electrons. The van der Waals surface area contributed by atoms with E-state index in [2.05, 4.69) is 5.32 Å². The summed E-state index contributed by atoms with van der Waals surface area (Å²) < 4.78 is 22.6. The van der Waals surface area contributed by atoms with E-state index in [1.807, 2.05) is 37.4 Å². The number of quaternary nitrogens is 1. The van der Waals surface area contributed by atoms with Crippen molar-refractivity contribution in [3.63, 3.8) is 0 Å². The summed E-state index contributed by atoms with van der Waals surface area (Å²) in [5.41, 5.74) is 1.56. The molecule has 6 nitrogen and oxygen atoms in total. The summed E-state index contributed by atoms with van der Waals surface area (Å²) in [5.74, 6) is -0.190. The molecule has 0 bridgehead atoms. The lowest BCUT2D eigenvalue weighted by atomic mass is 10.2. The molecule has 2 aromatic rings. The molecule has 0 aliphatic carbocycles. The molecule has 0 saturated carbocycles. The third-order valence-electron chi connectivity index (χ3n) is 3.26. The molecule has 0 aliphatic heterocycles. The minimum atomic E-state index is -3.78. The molecule has 2 rings (SSSR count). The highest BCUT2D eigenvalue weighted by Crippen LogP contribution is 2.13. The summed E-state index contributed by atoms with van der Waals surface area (Å²) in [6, 6.07) is 15.8. The molecular weight excluding hydrogens is 314 g/mol. The van der Waals surface area contributed by atoms with Gasteiger partial charge in [0.15, 0.2) is 6.54 Å². The number of nitrogens with one attached hydrogen (secondary N) is 2. The Morgan fingerprint density at radius 3 is 2.48 bits per heavy atom. The van der Waals surface area contributed by atoms with Crippen molar-refractivity contribution in [2.45, 2.75) is 11.4 Å². The van der Waals surface area contributed by atoms with Gasteiger partial charge in [0, 0.05) is 11.3 Å². The van der Waals surface area contributed by atoms with Gasteiger partial charge < -0.3 is 10.2 Å². The number of hydrogen-bond donors (Lipinski definition) is 3. The van der Waals surface area contributed by atoms with Crippen LogP contribution < -0.4 is 15.4 Å². The molecule has 4 N–H and O–H groups in total. The van der Waals surface area contributed by atoms with Gasteiger partial charge in [-0.15, -0.1) is 0 Å². The lowest BCUT2D eigenvalue weighted by Gasteiger charge is -2.14. The van der Waals surface area contributed by atoms with Gasteiger partial charge in [-0.3, -0.25) is 4.79 Å². The van der Waals surface area contributed by atoms with Crippen LogP contribution in [0.3, 0.4) is 0 Å². The predicted molar refractivity (Wildman–Crippen MR) is 88.3 cm³/mol. The molecule has 1 amide bonds. The fourth-order valence-corrected chi connectivity index (χ4v) is 2.80. The topological polar surface area (TPSA) is 93.7 Å². The summed E-state index contributed by atoms with van der Waals surface area (Å²) >= 11 is 0. The highest BCUT2D eigenvalue weighted by Gasteiger charge is 2.13. The number of rotatable bonds is 6. The Morgan fingerprint density at radius 2 is 1.83 bits per heavy atom. The molecule has 0 radical (unpaired) electrons. The first kappa shape index (κ1) is 17.1. The monoisotopic (exact) mass is 334 g/mol. The first-order valence-electron chi connectivity index (χ1n) is 7.12. The Kier molecular flexibility index (Phi) is 5.49. The summed E-state index contributed by atoms with van der Waals surface area (Å²) in [7, 11) is -1.86. The fourth-order valence-electron chi connectivity index (χ4n) is 2.24. The number of primary sulfonamides is 1. The largest absolute Gasteiger partial charge is 0.326 e. The van der Waals surface area contributed by atoms with Crippen molar-refractivity contribution in [3.05, 3.63) is 60.2 Å². The second kappa shape index (κ2) is 7.36. The second-order valence-corrected chi connectivity index (χ2v) is 6.98. The highest BCUT2D eigenvalue weighted by molar-refractivity contribution is 7.89. The molecule has 0 heterocycles. The summed E-state index contributed by atoms with van der Waals surface area (Å²) in [6.07, 6.45) is 0. The SMILES string of the molecule is C[NH+](CC(=O)Nc1cccc(S(N)(=O)=O)c1)Cc1ccccc1. The van der Waals surface area contributed by atoms with Crippen molar-refractivity contribution >= 4 is 21.6 Å². The van der Waals surface area contributed by atoms with Crippen molar-refractivity contribution in [3.8, 4) is 0 Å². The van der Waals surface area contributed by atoms with Crippen LogP contribution >= 0.6 is 0 Å². The highest BCUT2D eigenvalue weighted by atomic mass is 32.2. The molecule has 0 aromatic heterocycles. The van der Waals surface area contributed by atoms with E-state index in [1.54, 1.807) is 6.07 Å². The van der Waals surface area contributed by atoms with Gasteiger partial charge in [0.25, 0.3) is 5.91 Å². The number of anilines is 1. The van der Waals surface area contributed by atoms with Gasteiger partial charge in [0.2, 0.25) is 10.0 Å². The van der Waals surface area contributed by atoms with Crippen molar-refractivity contribution in [2.24, 2.45) is 5.14 Å². The minimum absolute atomic E-state index is 0.0275. The van der Waals surface area contributed by atoms with Crippen molar-refractivity contribution in [1.29, 1.82) is 0 Å². The summed E-state index contributed by atoms with van der Waals surface area (Å²) in [5, 5.41) is 7.77. The third kappa shape index (κ3) is 5.48. The molecule has 0 saturated heterocycles. The van der Waals surface area contributed by atoms with E-state index in [1.165, 1.54) is 18.2 Å². The van der Waals surface area contributed by atoms with Crippen LogP contribution in [0.25, 0.3) is 0 Å². The number of benzene rings is 2.